The largest absolute Gasteiger partial charge is 0.462 e. The van der Waals surface area contributed by atoms with E-state index in [9.17, 15) is 14.4 Å². The molecule has 0 aliphatic heterocycles. The zero-order valence-corrected chi connectivity index (χ0v) is 45.6. The summed E-state index contributed by atoms with van der Waals surface area (Å²) in [5.74, 6) is -0.916. The Kier molecular flexibility index (Phi) is 54.8. The summed E-state index contributed by atoms with van der Waals surface area (Å²) in [5, 5.41) is 0. The van der Waals surface area contributed by atoms with Gasteiger partial charge in [0.15, 0.2) is 6.10 Å². The first-order chi connectivity index (χ1) is 34.0. The number of hydrogen-bond donors (Lipinski definition) is 0. The number of unbranched alkanes of at least 4 members (excludes halogenated alkanes) is 30. The van der Waals surface area contributed by atoms with Crippen LogP contribution in [-0.2, 0) is 28.6 Å². The first kappa shape index (κ1) is 65.8. The van der Waals surface area contributed by atoms with Crippen molar-refractivity contribution in [3.63, 3.8) is 0 Å². The third kappa shape index (κ3) is 55.6. The molecule has 0 fully saturated rings. The molecule has 0 bridgehead atoms. The molecule has 0 aliphatic carbocycles. The van der Waals surface area contributed by atoms with Crippen LogP contribution in [0.5, 0.6) is 0 Å². The number of carbonyl (C=O) groups excluding carboxylic acids is 3. The van der Waals surface area contributed by atoms with Gasteiger partial charge in [0.1, 0.15) is 13.2 Å². The third-order valence-electron chi connectivity index (χ3n) is 12.7. The van der Waals surface area contributed by atoms with Crippen LogP contribution < -0.4 is 0 Å². The van der Waals surface area contributed by atoms with Gasteiger partial charge in [-0.05, 0) is 89.9 Å². The van der Waals surface area contributed by atoms with Gasteiger partial charge in [-0.2, -0.15) is 0 Å². The molecule has 0 spiro atoms. The molecule has 6 nitrogen and oxygen atoms in total. The van der Waals surface area contributed by atoms with Crippen molar-refractivity contribution in [2.75, 3.05) is 13.2 Å². The summed E-state index contributed by atoms with van der Waals surface area (Å²) in [5.41, 5.74) is 0. The van der Waals surface area contributed by atoms with Crippen molar-refractivity contribution in [1.82, 2.24) is 0 Å². The molecule has 1 unspecified atom stereocenters. The second-order valence-corrected chi connectivity index (χ2v) is 19.5. The molecule has 0 aromatic rings. The first-order valence-electron chi connectivity index (χ1n) is 29.4. The van der Waals surface area contributed by atoms with Gasteiger partial charge in [0.05, 0.1) is 0 Å². The van der Waals surface area contributed by atoms with Crippen LogP contribution in [0.3, 0.4) is 0 Å². The molecule has 0 N–H and O–H groups in total. The maximum absolute atomic E-state index is 12.7. The van der Waals surface area contributed by atoms with Gasteiger partial charge in [-0.15, -0.1) is 0 Å². The number of allylic oxidation sites excluding steroid dienone is 12. The van der Waals surface area contributed by atoms with E-state index in [4.69, 9.17) is 14.2 Å². The fraction of sp³-hybridized carbons (Fsp3) is 0.762. The molecule has 0 amide bonds. The first-order valence-corrected chi connectivity index (χ1v) is 29.4. The zero-order chi connectivity index (χ0) is 50.0. The number of carbonyl (C=O) groups is 3. The summed E-state index contributed by atoms with van der Waals surface area (Å²) in [7, 11) is 0. The minimum Gasteiger partial charge on any atom is -0.462 e. The van der Waals surface area contributed by atoms with Gasteiger partial charge in [0.2, 0.25) is 0 Å². The highest BCUT2D eigenvalue weighted by Gasteiger charge is 2.19. The van der Waals surface area contributed by atoms with Crippen molar-refractivity contribution in [3.8, 4) is 0 Å². The van der Waals surface area contributed by atoms with Crippen LogP contribution in [0.4, 0.5) is 0 Å². The second kappa shape index (κ2) is 57.4. The normalized spacial score (nSPS) is 12.6. The molecule has 69 heavy (non-hydrogen) atoms. The van der Waals surface area contributed by atoms with Gasteiger partial charge in [-0.1, -0.05) is 254 Å². The second-order valence-electron chi connectivity index (χ2n) is 19.5. The SMILES string of the molecule is CC/C=C\C/C=C\C/C=C\CCCCCC(=O)OC(COC(=O)CCCCCCCCC)COC(=O)CCCCCCCCCCCCCCCCCC/C=C\C/C=C\C/C=C\CCCCCCC. The van der Waals surface area contributed by atoms with E-state index < -0.39 is 6.10 Å². The molecule has 0 saturated heterocycles. The number of hydrogen-bond acceptors (Lipinski definition) is 6. The Morgan fingerprint density at radius 1 is 0.304 bits per heavy atom. The number of esters is 3. The summed E-state index contributed by atoms with van der Waals surface area (Å²) in [6.45, 7) is 6.46. The van der Waals surface area contributed by atoms with Gasteiger partial charge in [0, 0.05) is 19.3 Å². The van der Waals surface area contributed by atoms with Gasteiger partial charge < -0.3 is 14.2 Å². The summed E-state index contributed by atoms with van der Waals surface area (Å²) in [6.07, 6.45) is 73.7. The molecule has 0 aromatic carbocycles. The zero-order valence-electron chi connectivity index (χ0n) is 45.6. The minimum atomic E-state index is -0.786. The van der Waals surface area contributed by atoms with Crippen molar-refractivity contribution in [1.29, 1.82) is 0 Å². The Balaban J connectivity index is 4.03. The maximum Gasteiger partial charge on any atom is 0.306 e. The maximum atomic E-state index is 12.7. The van der Waals surface area contributed by atoms with Crippen LogP contribution in [-0.4, -0.2) is 37.2 Å². The fourth-order valence-electron chi connectivity index (χ4n) is 8.29. The van der Waals surface area contributed by atoms with Crippen LogP contribution in [0.25, 0.3) is 0 Å². The highest BCUT2D eigenvalue weighted by molar-refractivity contribution is 5.71. The van der Waals surface area contributed by atoms with Crippen LogP contribution in [0, 0.1) is 0 Å². The van der Waals surface area contributed by atoms with Crippen LogP contribution in [0.15, 0.2) is 72.9 Å². The highest BCUT2D eigenvalue weighted by atomic mass is 16.6. The molecule has 0 rings (SSSR count). The lowest BCUT2D eigenvalue weighted by Gasteiger charge is -2.18. The van der Waals surface area contributed by atoms with Crippen LogP contribution >= 0.6 is 0 Å². The molecule has 0 aliphatic rings. The monoisotopic (exact) mass is 963 g/mol. The van der Waals surface area contributed by atoms with E-state index in [-0.39, 0.29) is 31.1 Å². The van der Waals surface area contributed by atoms with Crippen molar-refractivity contribution in [2.24, 2.45) is 0 Å². The predicted molar refractivity (Wildman–Crippen MR) is 298 cm³/mol. The Morgan fingerprint density at radius 2 is 0.565 bits per heavy atom. The van der Waals surface area contributed by atoms with Crippen molar-refractivity contribution < 1.29 is 28.6 Å². The fourth-order valence-corrected chi connectivity index (χ4v) is 8.29. The van der Waals surface area contributed by atoms with E-state index in [2.05, 4.69) is 93.7 Å². The van der Waals surface area contributed by atoms with E-state index >= 15 is 0 Å². The molecule has 1 atom stereocenters. The lowest BCUT2D eigenvalue weighted by molar-refractivity contribution is -0.167. The third-order valence-corrected chi connectivity index (χ3v) is 12.7. The average Bonchev–Trinajstić information content (AvgIpc) is 3.35. The van der Waals surface area contributed by atoms with Crippen molar-refractivity contribution in [2.45, 2.75) is 297 Å². The lowest BCUT2D eigenvalue weighted by atomic mass is 10.0. The van der Waals surface area contributed by atoms with Gasteiger partial charge in [-0.25, -0.2) is 0 Å². The Labute approximate surface area is 427 Å². The molecule has 398 valence electrons. The van der Waals surface area contributed by atoms with Gasteiger partial charge >= 0.3 is 17.9 Å². The smallest absolute Gasteiger partial charge is 0.306 e. The molecule has 6 heteroatoms. The Morgan fingerprint density at radius 3 is 0.899 bits per heavy atom. The topological polar surface area (TPSA) is 78.9 Å². The van der Waals surface area contributed by atoms with E-state index in [1.807, 2.05) is 0 Å². The standard InChI is InChI=1S/C63H110O6/c1-4-7-10-13-16-18-20-22-23-24-25-26-27-28-29-30-31-32-33-34-35-36-37-38-39-41-42-44-47-50-53-56-62(65)68-59-60(58-67-61(64)55-52-49-46-15-12-9-6-3)69-63(66)57-54-51-48-45-43-40-21-19-17-14-11-8-5-2/h8,11,17,19-20,22,24-25,27-28,40,43,60H,4-7,9-10,12-16,18,21,23,26,29-39,41-42,44-59H2,1-3H3/b11-8-,19-17-,22-20-,25-24-,28-27-,43-40-. The Bertz CT molecular complexity index is 1290. The number of ether oxygens (including phenoxy) is 3. The van der Waals surface area contributed by atoms with Gasteiger partial charge in [-0.3, -0.25) is 14.4 Å². The van der Waals surface area contributed by atoms with Crippen LogP contribution in [0.1, 0.15) is 290 Å². The van der Waals surface area contributed by atoms with Gasteiger partial charge in [0.25, 0.3) is 0 Å². The average molecular weight is 964 g/mol. The molecule has 0 saturated carbocycles. The molecule has 0 radical (unpaired) electrons. The molecular weight excluding hydrogens is 853 g/mol. The molecular formula is C63H110O6. The Hall–Kier alpha value is -3.15. The molecule has 0 aromatic heterocycles. The van der Waals surface area contributed by atoms with Crippen molar-refractivity contribution in [3.05, 3.63) is 72.9 Å². The lowest BCUT2D eigenvalue weighted by Crippen LogP contribution is -2.30. The van der Waals surface area contributed by atoms with E-state index in [0.29, 0.717) is 19.3 Å². The van der Waals surface area contributed by atoms with E-state index in [1.54, 1.807) is 0 Å². The predicted octanol–water partition coefficient (Wildman–Crippen LogP) is 19.8. The quantitative estimate of drug-likeness (QED) is 0.0262. The summed E-state index contributed by atoms with van der Waals surface area (Å²) in [4.78, 5) is 37.9. The molecule has 0 heterocycles. The van der Waals surface area contributed by atoms with E-state index in [0.717, 1.165) is 96.3 Å². The number of rotatable bonds is 53. The van der Waals surface area contributed by atoms with Crippen LogP contribution in [0.2, 0.25) is 0 Å². The summed E-state index contributed by atoms with van der Waals surface area (Å²) < 4.78 is 16.7. The summed E-state index contributed by atoms with van der Waals surface area (Å²) in [6, 6.07) is 0. The minimum absolute atomic E-state index is 0.0851. The highest BCUT2D eigenvalue weighted by Crippen LogP contribution is 2.16. The summed E-state index contributed by atoms with van der Waals surface area (Å²) >= 11 is 0. The van der Waals surface area contributed by atoms with E-state index in [1.165, 1.54) is 154 Å². The van der Waals surface area contributed by atoms with Crippen molar-refractivity contribution >= 4 is 17.9 Å².